The first-order valence-corrected chi connectivity index (χ1v) is 6.51. The van der Waals surface area contributed by atoms with Crippen molar-refractivity contribution >= 4 is 8.07 Å². The zero-order chi connectivity index (χ0) is 9.72. The molecule has 0 bridgehead atoms. The molecule has 0 aromatic rings. The predicted octanol–water partition coefficient (Wildman–Crippen LogP) is 3.54. The molecule has 0 saturated heterocycles. The molecule has 0 aliphatic heterocycles. The minimum absolute atomic E-state index is 0.0910. The summed E-state index contributed by atoms with van der Waals surface area (Å²) in [6.45, 7) is 16.4. The van der Waals surface area contributed by atoms with Gasteiger partial charge in [-0.15, -0.1) is 0 Å². The van der Waals surface area contributed by atoms with Gasteiger partial charge in [0.1, 0.15) is 0 Å². The molecule has 0 heterocycles. The minimum Gasteiger partial charge on any atom is -0.282 e. The Morgan fingerprint density at radius 1 is 0.917 bits per heavy atom. The first-order chi connectivity index (χ1) is 5.54. The predicted molar refractivity (Wildman–Crippen MR) is 60.1 cm³/mol. The quantitative estimate of drug-likeness (QED) is 0.598. The van der Waals surface area contributed by atoms with Gasteiger partial charge in [0.25, 0.3) is 0 Å². The van der Waals surface area contributed by atoms with Gasteiger partial charge in [-0.3, -0.25) is 4.67 Å². The van der Waals surface area contributed by atoms with Gasteiger partial charge < -0.3 is 0 Å². The van der Waals surface area contributed by atoms with Crippen molar-refractivity contribution in [3.05, 3.63) is 0 Å². The normalized spacial score (nSPS) is 12.5. The third-order valence-electron chi connectivity index (χ3n) is 2.11. The molecular formula is C10H24NP. The molecular weight excluding hydrogens is 165 g/mol. The molecule has 1 nitrogen and oxygen atoms in total. The Morgan fingerprint density at radius 2 is 1.25 bits per heavy atom. The Balaban J connectivity index is 4.26. The van der Waals surface area contributed by atoms with Crippen LogP contribution in [0.3, 0.4) is 0 Å². The van der Waals surface area contributed by atoms with Gasteiger partial charge in [-0.1, -0.05) is 41.5 Å². The summed E-state index contributed by atoms with van der Waals surface area (Å²) in [5.74, 6) is 0. The molecule has 0 aliphatic carbocycles. The Hall–Kier alpha value is 0.390. The lowest BCUT2D eigenvalue weighted by Crippen LogP contribution is -2.24. The maximum atomic E-state index is 2.63. The molecule has 0 aliphatic rings. The summed E-state index contributed by atoms with van der Waals surface area (Å²) in [5, 5.41) is 0. The molecule has 0 N–H and O–H groups in total. The van der Waals surface area contributed by atoms with Gasteiger partial charge in [0.05, 0.1) is 0 Å². The van der Waals surface area contributed by atoms with Crippen LogP contribution in [-0.4, -0.2) is 29.1 Å². The average molecular weight is 189 g/mol. The van der Waals surface area contributed by atoms with E-state index in [1.807, 2.05) is 0 Å². The molecule has 12 heavy (non-hydrogen) atoms. The summed E-state index contributed by atoms with van der Waals surface area (Å²) in [6, 6.07) is 0. The van der Waals surface area contributed by atoms with E-state index in [-0.39, 0.29) is 8.07 Å². The SMILES string of the molecule is CCN(CC)P(C(C)C)C(C)C. The molecule has 0 aromatic heterocycles. The average Bonchev–Trinajstić information content (AvgIpc) is 1.98. The highest BCUT2D eigenvalue weighted by molar-refractivity contribution is 7.56. The monoisotopic (exact) mass is 189 g/mol. The van der Waals surface area contributed by atoms with Crippen LogP contribution in [0.2, 0.25) is 0 Å². The van der Waals surface area contributed by atoms with Crippen molar-refractivity contribution in [1.29, 1.82) is 0 Å². The van der Waals surface area contributed by atoms with Gasteiger partial charge >= 0.3 is 0 Å². The Bertz CT molecular complexity index is 100. The third kappa shape index (κ3) is 3.41. The molecule has 0 fully saturated rings. The summed E-state index contributed by atoms with van der Waals surface area (Å²) < 4.78 is 2.63. The van der Waals surface area contributed by atoms with E-state index in [0.29, 0.717) is 0 Å². The summed E-state index contributed by atoms with van der Waals surface area (Å²) >= 11 is 0. The lowest BCUT2D eigenvalue weighted by atomic mass is 10.5. The smallest absolute Gasteiger partial charge is 0.000749 e. The largest absolute Gasteiger partial charge is 0.282 e. The molecule has 74 valence electrons. The fourth-order valence-electron chi connectivity index (χ4n) is 1.80. The van der Waals surface area contributed by atoms with E-state index in [0.717, 1.165) is 11.3 Å². The van der Waals surface area contributed by atoms with Crippen molar-refractivity contribution in [3.8, 4) is 0 Å². The zero-order valence-electron chi connectivity index (χ0n) is 9.46. The van der Waals surface area contributed by atoms with Crippen molar-refractivity contribution in [3.63, 3.8) is 0 Å². The van der Waals surface area contributed by atoms with E-state index in [4.69, 9.17) is 0 Å². The highest BCUT2D eigenvalue weighted by Crippen LogP contribution is 2.48. The minimum atomic E-state index is 0.0910. The van der Waals surface area contributed by atoms with Crippen LogP contribution in [0.25, 0.3) is 0 Å². The standard InChI is InChI=1S/C10H24NP/c1-7-11(8-2)12(9(3)4)10(5)6/h9-10H,7-8H2,1-6H3. The highest BCUT2D eigenvalue weighted by Gasteiger charge is 2.21. The van der Waals surface area contributed by atoms with Crippen LogP contribution in [-0.2, 0) is 0 Å². The molecule has 0 unspecified atom stereocenters. The van der Waals surface area contributed by atoms with Crippen molar-refractivity contribution in [2.45, 2.75) is 52.9 Å². The summed E-state index contributed by atoms with van der Waals surface area (Å²) in [4.78, 5) is 0. The lowest BCUT2D eigenvalue weighted by Gasteiger charge is -2.35. The van der Waals surface area contributed by atoms with Crippen molar-refractivity contribution < 1.29 is 0 Å². The topological polar surface area (TPSA) is 3.24 Å². The van der Waals surface area contributed by atoms with Crippen LogP contribution < -0.4 is 0 Å². The highest BCUT2D eigenvalue weighted by atomic mass is 31.1. The van der Waals surface area contributed by atoms with E-state index in [2.05, 4.69) is 46.2 Å². The second kappa shape index (κ2) is 5.94. The van der Waals surface area contributed by atoms with Crippen LogP contribution in [0.4, 0.5) is 0 Å². The van der Waals surface area contributed by atoms with Gasteiger partial charge in [0.15, 0.2) is 0 Å². The first kappa shape index (κ1) is 12.4. The summed E-state index contributed by atoms with van der Waals surface area (Å²) in [6.07, 6.45) is 0. The van der Waals surface area contributed by atoms with Gasteiger partial charge in [-0.2, -0.15) is 0 Å². The molecule has 2 heteroatoms. The van der Waals surface area contributed by atoms with Crippen LogP contribution in [0, 0.1) is 0 Å². The Morgan fingerprint density at radius 3 is 1.33 bits per heavy atom. The third-order valence-corrected chi connectivity index (χ3v) is 5.45. The van der Waals surface area contributed by atoms with Crippen LogP contribution >= 0.6 is 8.07 Å². The molecule has 0 amide bonds. The van der Waals surface area contributed by atoms with Gasteiger partial charge in [-0.25, -0.2) is 0 Å². The number of nitrogens with zero attached hydrogens (tertiary/aromatic N) is 1. The molecule has 0 aromatic carbocycles. The van der Waals surface area contributed by atoms with Crippen LogP contribution in [0.1, 0.15) is 41.5 Å². The van der Waals surface area contributed by atoms with Crippen LogP contribution in [0.5, 0.6) is 0 Å². The second-order valence-corrected chi connectivity index (χ2v) is 7.10. The van der Waals surface area contributed by atoms with E-state index >= 15 is 0 Å². The van der Waals surface area contributed by atoms with Crippen LogP contribution in [0.15, 0.2) is 0 Å². The number of rotatable bonds is 5. The van der Waals surface area contributed by atoms with Crippen molar-refractivity contribution in [2.75, 3.05) is 13.1 Å². The molecule has 0 rings (SSSR count). The van der Waals surface area contributed by atoms with Gasteiger partial charge in [-0.05, 0) is 32.5 Å². The van der Waals surface area contributed by atoms with Crippen molar-refractivity contribution in [1.82, 2.24) is 4.67 Å². The maximum absolute atomic E-state index is 2.63. The van der Waals surface area contributed by atoms with E-state index in [1.165, 1.54) is 13.1 Å². The number of hydrogen-bond acceptors (Lipinski definition) is 1. The van der Waals surface area contributed by atoms with Gasteiger partial charge in [0.2, 0.25) is 0 Å². The second-order valence-electron chi connectivity index (χ2n) is 3.71. The zero-order valence-corrected chi connectivity index (χ0v) is 10.4. The fourth-order valence-corrected chi connectivity index (χ4v) is 4.95. The molecule has 0 saturated carbocycles. The molecule has 0 spiro atoms. The van der Waals surface area contributed by atoms with E-state index in [9.17, 15) is 0 Å². The molecule has 0 atom stereocenters. The lowest BCUT2D eigenvalue weighted by molar-refractivity contribution is 0.496. The summed E-state index contributed by atoms with van der Waals surface area (Å²) in [7, 11) is 0.0910. The Labute approximate surface area is 79.3 Å². The van der Waals surface area contributed by atoms with Crippen molar-refractivity contribution in [2.24, 2.45) is 0 Å². The van der Waals surface area contributed by atoms with E-state index in [1.54, 1.807) is 0 Å². The maximum Gasteiger partial charge on any atom is -0.000749 e. The van der Waals surface area contributed by atoms with Gasteiger partial charge in [0, 0.05) is 0 Å². The molecule has 0 radical (unpaired) electrons. The first-order valence-electron chi connectivity index (χ1n) is 5.07. The number of hydrogen-bond donors (Lipinski definition) is 0. The Kier molecular flexibility index (Phi) is 6.13. The fraction of sp³-hybridized carbons (Fsp3) is 1.00. The van der Waals surface area contributed by atoms with E-state index < -0.39 is 0 Å². The summed E-state index contributed by atoms with van der Waals surface area (Å²) in [5.41, 5.74) is 1.67.